The van der Waals surface area contributed by atoms with Crippen LogP contribution in [0.25, 0.3) is 0 Å². The van der Waals surface area contributed by atoms with Crippen LogP contribution < -0.4 is 14.8 Å². The Hall–Kier alpha value is -2.32. The number of ether oxygens (including phenoxy) is 3. The second-order valence-electron chi connectivity index (χ2n) is 8.81. The molecule has 2 heterocycles. The molecule has 2 amide bonds. The second-order valence-corrected chi connectivity index (χ2v) is 8.81. The van der Waals surface area contributed by atoms with Crippen molar-refractivity contribution in [3.63, 3.8) is 0 Å². The van der Waals surface area contributed by atoms with Crippen molar-refractivity contribution in [1.29, 1.82) is 0 Å². The Morgan fingerprint density at radius 2 is 1.90 bits per heavy atom. The summed E-state index contributed by atoms with van der Waals surface area (Å²) in [6, 6.07) is 5.77. The van der Waals surface area contributed by atoms with Crippen LogP contribution in [0, 0.1) is 5.92 Å². The molecule has 8 nitrogen and oxygen atoms in total. The van der Waals surface area contributed by atoms with E-state index >= 15 is 0 Å². The Labute approximate surface area is 184 Å². The lowest BCUT2D eigenvalue weighted by Crippen LogP contribution is -2.55. The quantitative estimate of drug-likeness (QED) is 0.633. The van der Waals surface area contributed by atoms with Crippen LogP contribution in [0.1, 0.15) is 25.8 Å². The predicted molar refractivity (Wildman–Crippen MR) is 117 cm³/mol. The highest BCUT2D eigenvalue weighted by Gasteiger charge is 2.35. The summed E-state index contributed by atoms with van der Waals surface area (Å²) in [5.74, 6) is 1.06. The number of amides is 2. The largest absolute Gasteiger partial charge is 0.493 e. The van der Waals surface area contributed by atoms with E-state index in [1.54, 1.807) is 19.1 Å². The molecule has 2 saturated heterocycles. The molecule has 0 spiro atoms. The average molecular weight is 434 g/mol. The number of morpholine rings is 1. The fourth-order valence-corrected chi connectivity index (χ4v) is 4.19. The van der Waals surface area contributed by atoms with Gasteiger partial charge in [-0.25, -0.2) is 0 Å². The highest BCUT2D eigenvalue weighted by atomic mass is 16.5. The lowest BCUT2D eigenvalue weighted by molar-refractivity contribution is -0.129. The highest BCUT2D eigenvalue weighted by Crippen LogP contribution is 2.28. The number of nitrogens with one attached hydrogen (secondary N) is 1. The molecule has 31 heavy (non-hydrogen) atoms. The Kier molecular flexibility index (Phi) is 7.78. The maximum atomic E-state index is 12.7. The predicted octanol–water partition coefficient (Wildman–Crippen LogP) is 1.32. The summed E-state index contributed by atoms with van der Waals surface area (Å²) in [6.07, 6.45) is 0.972. The van der Waals surface area contributed by atoms with E-state index in [9.17, 15) is 9.59 Å². The van der Waals surface area contributed by atoms with Gasteiger partial charge in [-0.15, -0.1) is 0 Å². The molecule has 8 heteroatoms. The van der Waals surface area contributed by atoms with Crippen LogP contribution in [0.2, 0.25) is 0 Å². The fraction of sp³-hybridized carbons (Fsp3) is 0.652. The molecule has 1 atom stereocenters. The van der Waals surface area contributed by atoms with Gasteiger partial charge in [-0.3, -0.25) is 14.5 Å². The highest BCUT2D eigenvalue weighted by molar-refractivity contribution is 5.89. The molecular formula is C23H35N3O5. The topological polar surface area (TPSA) is 80.3 Å². The van der Waals surface area contributed by atoms with Gasteiger partial charge in [-0.2, -0.15) is 0 Å². The number of carbonyl (C=O) groups is 2. The van der Waals surface area contributed by atoms with Gasteiger partial charge in [-0.1, -0.05) is 6.07 Å². The molecule has 0 aromatic heterocycles. The molecule has 0 radical (unpaired) electrons. The Morgan fingerprint density at radius 3 is 2.58 bits per heavy atom. The molecule has 172 valence electrons. The van der Waals surface area contributed by atoms with Crippen molar-refractivity contribution in [2.45, 2.75) is 32.2 Å². The number of hydrogen-bond donors (Lipinski definition) is 1. The Morgan fingerprint density at radius 1 is 1.19 bits per heavy atom. The molecule has 1 aromatic carbocycles. The monoisotopic (exact) mass is 433 g/mol. The molecule has 1 unspecified atom stereocenters. The first kappa shape index (κ1) is 23.3. The van der Waals surface area contributed by atoms with Crippen LogP contribution in [0.15, 0.2) is 18.2 Å². The third-order valence-corrected chi connectivity index (χ3v) is 6.27. The first-order chi connectivity index (χ1) is 14.8. The number of benzene rings is 1. The van der Waals surface area contributed by atoms with Gasteiger partial charge in [0.2, 0.25) is 11.8 Å². The number of carbonyl (C=O) groups excluding carboxylic acids is 2. The first-order valence-corrected chi connectivity index (χ1v) is 10.9. The van der Waals surface area contributed by atoms with Crippen LogP contribution in [0.4, 0.5) is 0 Å². The summed E-state index contributed by atoms with van der Waals surface area (Å²) in [4.78, 5) is 29.3. The third kappa shape index (κ3) is 5.89. The molecule has 2 fully saturated rings. The lowest BCUT2D eigenvalue weighted by Gasteiger charge is -2.41. The van der Waals surface area contributed by atoms with Gasteiger partial charge >= 0.3 is 0 Å². The zero-order chi connectivity index (χ0) is 22.4. The van der Waals surface area contributed by atoms with Crippen LogP contribution >= 0.6 is 0 Å². The first-order valence-electron chi connectivity index (χ1n) is 10.9. The fourth-order valence-electron chi connectivity index (χ4n) is 4.19. The van der Waals surface area contributed by atoms with Gasteiger partial charge in [0.05, 0.1) is 33.4 Å². The number of likely N-dealkylation sites (tertiary alicyclic amines) is 1. The van der Waals surface area contributed by atoms with Gasteiger partial charge in [-0.05, 0) is 38.0 Å². The van der Waals surface area contributed by atoms with Gasteiger partial charge < -0.3 is 24.4 Å². The zero-order valence-electron chi connectivity index (χ0n) is 19.1. The Bertz CT molecular complexity index is 776. The molecular weight excluding hydrogens is 398 g/mol. The minimum Gasteiger partial charge on any atom is -0.493 e. The standard InChI is InChI=1S/C23H35N3O5/c1-23(2,26-9-11-31-12-10-26)16-24-22(28)18-14-21(27)25(15-18)8-7-17-5-6-19(29-3)20(13-17)30-4/h5-6,13,18H,7-12,14-16H2,1-4H3,(H,24,28). The van der Waals surface area contributed by atoms with Crippen LogP contribution in [-0.2, 0) is 20.7 Å². The smallest absolute Gasteiger partial charge is 0.225 e. The van der Waals surface area contributed by atoms with E-state index in [0.29, 0.717) is 37.6 Å². The van der Waals surface area contributed by atoms with E-state index in [2.05, 4.69) is 24.1 Å². The zero-order valence-corrected chi connectivity index (χ0v) is 19.1. The molecule has 0 aliphatic carbocycles. The average Bonchev–Trinajstić information content (AvgIpc) is 3.17. The molecule has 0 bridgehead atoms. The molecule has 3 rings (SSSR count). The van der Waals surface area contributed by atoms with Crippen LogP contribution in [0.5, 0.6) is 11.5 Å². The van der Waals surface area contributed by atoms with E-state index in [1.807, 2.05) is 18.2 Å². The van der Waals surface area contributed by atoms with Crippen molar-refractivity contribution < 1.29 is 23.8 Å². The van der Waals surface area contributed by atoms with E-state index in [0.717, 1.165) is 31.9 Å². The molecule has 1 aromatic rings. The van der Waals surface area contributed by atoms with Crippen LogP contribution in [0.3, 0.4) is 0 Å². The van der Waals surface area contributed by atoms with Crippen molar-refractivity contribution in [2.24, 2.45) is 5.92 Å². The van der Waals surface area contributed by atoms with Crippen LogP contribution in [-0.4, -0.2) is 87.3 Å². The Balaban J connectivity index is 1.48. The molecule has 0 saturated carbocycles. The molecule has 1 N–H and O–H groups in total. The van der Waals surface area contributed by atoms with Crippen molar-refractivity contribution in [3.05, 3.63) is 23.8 Å². The number of methoxy groups -OCH3 is 2. The number of rotatable bonds is 9. The number of nitrogens with zero attached hydrogens (tertiary/aromatic N) is 2. The van der Waals surface area contributed by atoms with Crippen molar-refractivity contribution in [1.82, 2.24) is 15.1 Å². The summed E-state index contributed by atoms with van der Waals surface area (Å²) in [6.45, 7) is 9.06. The second kappa shape index (κ2) is 10.3. The summed E-state index contributed by atoms with van der Waals surface area (Å²) < 4.78 is 16.0. The molecule has 2 aliphatic heterocycles. The van der Waals surface area contributed by atoms with Crippen molar-refractivity contribution >= 4 is 11.8 Å². The van der Waals surface area contributed by atoms with E-state index in [-0.39, 0.29) is 29.7 Å². The van der Waals surface area contributed by atoms with Crippen molar-refractivity contribution in [3.8, 4) is 11.5 Å². The number of hydrogen-bond acceptors (Lipinski definition) is 6. The van der Waals surface area contributed by atoms with E-state index in [1.165, 1.54) is 0 Å². The molecule has 2 aliphatic rings. The van der Waals surface area contributed by atoms with Gasteiger partial charge in [0.15, 0.2) is 11.5 Å². The normalized spacial score (nSPS) is 20.1. The summed E-state index contributed by atoms with van der Waals surface area (Å²) in [7, 11) is 3.21. The minimum absolute atomic E-state index is 0.0352. The summed E-state index contributed by atoms with van der Waals surface area (Å²) in [5, 5.41) is 3.07. The third-order valence-electron chi connectivity index (χ3n) is 6.27. The lowest BCUT2D eigenvalue weighted by atomic mass is 10.0. The van der Waals surface area contributed by atoms with Crippen molar-refractivity contribution in [2.75, 3.05) is 60.2 Å². The SMILES string of the molecule is COc1ccc(CCN2CC(C(=O)NCC(C)(C)N3CCOCC3)CC2=O)cc1OC. The van der Waals surface area contributed by atoms with E-state index in [4.69, 9.17) is 14.2 Å². The maximum Gasteiger partial charge on any atom is 0.225 e. The minimum atomic E-state index is -0.293. The van der Waals surface area contributed by atoms with Gasteiger partial charge in [0.25, 0.3) is 0 Å². The summed E-state index contributed by atoms with van der Waals surface area (Å²) >= 11 is 0. The van der Waals surface area contributed by atoms with Gasteiger partial charge in [0.1, 0.15) is 0 Å². The van der Waals surface area contributed by atoms with E-state index < -0.39 is 0 Å². The summed E-state index contributed by atoms with van der Waals surface area (Å²) in [5.41, 5.74) is 0.917. The van der Waals surface area contributed by atoms with Gasteiger partial charge in [0, 0.05) is 44.7 Å². The maximum absolute atomic E-state index is 12.7.